The van der Waals surface area contributed by atoms with Crippen LogP contribution in [0.3, 0.4) is 0 Å². The first-order chi connectivity index (χ1) is 19.6. The summed E-state index contributed by atoms with van der Waals surface area (Å²) >= 11 is 8.16. The lowest BCUT2D eigenvalue weighted by Gasteiger charge is -2.40. The number of carbonyl (C=O) groups excluding carboxylic acids is 1. The van der Waals surface area contributed by atoms with Crippen LogP contribution in [0.5, 0.6) is 11.5 Å². The molecule has 2 unspecified atom stereocenters. The first-order valence-electron chi connectivity index (χ1n) is 14.7. The molecule has 1 aromatic carbocycles. The summed E-state index contributed by atoms with van der Waals surface area (Å²) in [5.41, 5.74) is 2.24. The molecule has 0 radical (unpaired) electrons. The average molecular weight is 601 g/mol. The van der Waals surface area contributed by atoms with E-state index >= 15 is 0 Å². The molecule has 2 saturated heterocycles. The predicted molar refractivity (Wildman–Crippen MR) is 162 cm³/mol. The molecule has 4 heterocycles. The molecule has 4 aliphatic rings. The third kappa shape index (κ3) is 5.39. The molecule has 2 N–H and O–H groups in total. The Labute approximate surface area is 251 Å². The van der Waals surface area contributed by atoms with Crippen LogP contribution in [0.25, 0.3) is 0 Å². The number of carbonyl (C=O) groups is 1. The highest BCUT2D eigenvalue weighted by Gasteiger charge is 2.49. The molecule has 1 aromatic heterocycles. The van der Waals surface area contributed by atoms with Gasteiger partial charge in [0.1, 0.15) is 0 Å². The Bertz CT molecular complexity index is 1390. The summed E-state index contributed by atoms with van der Waals surface area (Å²) in [5, 5.41) is 3.27. The van der Waals surface area contributed by atoms with E-state index in [1.54, 1.807) is 6.07 Å². The maximum Gasteiger partial charge on any atom is 0.254 e. The smallest absolute Gasteiger partial charge is 0.254 e. The van der Waals surface area contributed by atoms with Gasteiger partial charge in [0.2, 0.25) is 0 Å². The number of H-pyrrole nitrogens is 1. The second kappa shape index (κ2) is 11.1. The minimum atomic E-state index is -0.816. The molecule has 3 fully saturated rings. The lowest BCUT2D eigenvalue weighted by Crippen LogP contribution is -2.47. The highest BCUT2D eigenvalue weighted by molar-refractivity contribution is 7.98. The molecule has 0 spiro atoms. The van der Waals surface area contributed by atoms with Crippen molar-refractivity contribution in [3.8, 4) is 11.5 Å². The van der Waals surface area contributed by atoms with Gasteiger partial charge in [-0.1, -0.05) is 11.6 Å². The van der Waals surface area contributed by atoms with Crippen LogP contribution in [0.4, 0.5) is 0 Å². The van der Waals surface area contributed by atoms with E-state index in [-0.39, 0.29) is 23.9 Å². The SMILES string of the molecule is CSc1cc(C)[nH]c(=O)c1CNC(=O)c1cc(Cl)c2c(c1C)O[C@](C)([C@H]1CC[C@H](N3CC4CN(C)CC4C3)CC1)O2. The first-order valence-corrected chi connectivity index (χ1v) is 16.3. The first kappa shape index (κ1) is 28.9. The van der Waals surface area contributed by atoms with Gasteiger partial charge in [0.15, 0.2) is 11.5 Å². The summed E-state index contributed by atoms with van der Waals surface area (Å²) in [6.45, 7) is 10.8. The van der Waals surface area contributed by atoms with E-state index in [0.29, 0.717) is 39.3 Å². The maximum absolute atomic E-state index is 13.3. The quantitative estimate of drug-likeness (QED) is 0.459. The maximum atomic E-state index is 13.3. The van der Waals surface area contributed by atoms with E-state index < -0.39 is 5.79 Å². The second-order valence-corrected chi connectivity index (χ2v) is 13.9. The molecule has 1 amide bonds. The fourth-order valence-electron chi connectivity index (χ4n) is 7.58. The highest BCUT2D eigenvalue weighted by atomic mass is 35.5. The molecule has 1 aliphatic carbocycles. The monoisotopic (exact) mass is 600 g/mol. The van der Waals surface area contributed by atoms with Crippen molar-refractivity contribution in [2.45, 2.75) is 69.7 Å². The number of halogens is 1. The zero-order chi connectivity index (χ0) is 29.1. The minimum absolute atomic E-state index is 0.117. The van der Waals surface area contributed by atoms with E-state index in [1.807, 2.05) is 33.1 Å². The number of nitrogens with zero attached hydrogens (tertiary/aromatic N) is 2. The van der Waals surface area contributed by atoms with E-state index in [2.05, 4.69) is 27.1 Å². The number of benzene rings is 1. The van der Waals surface area contributed by atoms with Crippen molar-refractivity contribution < 1.29 is 14.3 Å². The van der Waals surface area contributed by atoms with Gasteiger partial charge in [-0.3, -0.25) is 14.5 Å². The van der Waals surface area contributed by atoms with Gasteiger partial charge in [-0.25, -0.2) is 0 Å². The van der Waals surface area contributed by atoms with Crippen LogP contribution in [-0.4, -0.2) is 72.0 Å². The summed E-state index contributed by atoms with van der Waals surface area (Å²) in [7, 11) is 2.24. The number of likely N-dealkylation sites (tertiary alicyclic amines) is 2. The third-order valence-corrected chi connectivity index (χ3v) is 10.9. The normalized spacial score (nSPS) is 29.6. The Kier molecular flexibility index (Phi) is 7.85. The molecule has 3 atom stereocenters. The number of pyridine rings is 1. The van der Waals surface area contributed by atoms with E-state index in [1.165, 1.54) is 37.9 Å². The van der Waals surface area contributed by atoms with Crippen molar-refractivity contribution in [1.29, 1.82) is 0 Å². The van der Waals surface area contributed by atoms with Crippen LogP contribution in [0.15, 0.2) is 21.8 Å². The topological polar surface area (TPSA) is 86.9 Å². The molecule has 2 aromatic rings. The zero-order valence-electron chi connectivity index (χ0n) is 24.6. The largest absolute Gasteiger partial charge is 0.448 e. The molecule has 10 heteroatoms. The molecule has 1 saturated carbocycles. The van der Waals surface area contributed by atoms with Gasteiger partial charge in [0, 0.05) is 78.9 Å². The summed E-state index contributed by atoms with van der Waals surface area (Å²) in [5.74, 6) is 1.83. The average Bonchev–Trinajstić information content (AvgIpc) is 3.61. The molecule has 3 aliphatic heterocycles. The van der Waals surface area contributed by atoms with Gasteiger partial charge in [0.25, 0.3) is 17.3 Å². The lowest BCUT2D eigenvalue weighted by molar-refractivity contribution is -0.124. The number of aromatic amines is 1. The van der Waals surface area contributed by atoms with Crippen LogP contribution in [0, 0.1) is 31.6 Å². The second-order valence-electron chi connectivity index (χ2n) is 12.6. The van der Waals surface area contributed by atoms with Crippen LogP contribution in [-0.2, 0) is 6.54 Å². The van der Waals surface area contributed by atoms with E-state index in [0.717, 1.165) is 48.1 Å². The molecule has 0 bridgehead atoms. The number of thioether (sulfide) groups is 1. The third-order valence-electron chi connectivity index (χ3n) is 9.82. The Balaban J connectivity index is 1.11. The lowest BCUT2D eigenvalue weighted by atomic mass is 9.81. The Hall–Kier alpha value is -2.20. The highest BCUT2D eigenvalue weighted by Crippen LogP contribution is 2.52. The van der Waals surface area contributed by atoms with Gasteiger partial charge >= 0.3 is 0 Å². The van der Waals surface area contributed by atoms with Crippen molar-refractivity contribution >= 4 is 29.3 Å². The van der Waals surface area contributed by atoms with Gasteiger partial charge in [-0.2, -0.15) is 0 Å². The van der Waals surface area contributed by atoms with Crippen LogP contribution < -0.4 is 20.3 Å². The number of hydrogen-bond donors (Lipinski definition) is 2. The van der Waals surface area contributed by atoms with Crippen LogP contribution in [0.1, 0.15) is 59.8 Å². The van der Waals surface area contributed by atoms with Crippen LogP contribution >= 0.6 is 23.4 Å². The summed E-state index contributed by atoms with van der Waals surface area (Å²) < 4.78 is 13.0. The van der Waals surface area contributed by atoms with Crippen molar-refractivity contribution in [1.82, 2.24) is 20.1 Å². The van der Waals surface area contributed by atoms with Crippen molar-refractivity contribution in [2.24, 2.45) is 17.8 Å². The van der Waals surface area contributed by atoms with Crippen molar-refractivity contribution in [3.05, 3.63) is 49.9 Å². The van der Waals surface area contributed by atoms with Gasteiger partial charge < -0.3 is 24.7 Å². The van der Waals surface area contributed by atoms with Gasteiger partial charge in [-0.15, -0.1) is 11.8 Å². The summed E-state index contributed by atoms with van der Waals surface area (Å²) in [6.07, 6.45) is 6.28. The van der Waals surface area contributed by atoms with Crippen molar-refractivity contribution in [2.75, 3.05) is 39.5 Å². The van der Waals surface area contributed by atoms with Crippen molar-refractivity contribution in [3.63, 3.8) is 0 Å². The van der Waals surface area contributed by atoms with Crippen LogP contribution in [0.2, 0.25) is 5.02 Å². The minimum Gasteiger partial charge on any atom is -0.448 e. The molecule has 222 valence electrons. The summed E-state index contributed by atoms with van der Waals surface area (Å²) in [4.78, 5) is 34.7. The summed E-state index contributed by atoms with van der Waals surface area (Å²) in [6, 6.07) is 4.20. The van der Waals surface area contributed by atoms with E-state index in [4.69, 9.17) is 21.1 Å². The molecular formula is C31H41ClN4O4S. The molecule has 6 rings (SSSR count). The van der Waals surface area contributed by atoms with E-state index in [9.17, 15) is 9.59 Å². The Morgan fingerprint density at radius 3 is 2.41 bits per heavy atom. The molecular weight excluding hydrogens is 560 g/mol. The number of aryl methyl sites for hydroxylation is 1. The van der Waals surface area contributed by atoms with Gasteiger partial charge in [-0.05, 0) is 76.8 Å². The Morgan fingerprint density at radius 2 is 1.76 bits per heavy atom. The molecule has 8 nitrogen and oxygen atoms in total. The number of amides is 1. The number of nitrogens with one attached hydrogen (secondary N) is 2. The number of hydrogen-bond acceptors (Lipinski definition) is 7. The fraction of sp³-hybridized carbons (Fsp3) is 0.613. The zero-order valence-corrected chi connectivity index (χ0v) is 26.2. The van der Waals surface area contributed by atoms with Gasteiger partial charge in [0.05, 0.1) is 5.02 Å². The number of fused-ring (bicyclic) bond motifs is 2. The number of aromatic nitrogens is 1. The molecule has 41 heavy (non-hydrogen) atoms. The Morgan fingerprint density at radius 1 is 1.10 bits per heavy atom. The number of rotatable bonds is 6. The standard InChI is InChI=1S/C31H41ClN4O4S/c1-17-10-26(41-5)24(30(38)34-17)12-33-29(37)23-11-25(32)28-27(18(23)2)39-31(3,40-28)21-6-8-22(9-7-21)36-15-19-13-35(4)14-20(19)16-36/h10-11,19-22H,6-9,12-16H2,1-5H3,(H,33,37)(H,34,38)/t19?,20?,21-,22-,31-/m0/s1. The fourth-order valence-corrected chi connectivity index (χ4v) is 8.51. The predicted octanol–water partition coefficient (Wildman–Crippen LogP) is 4.84. The number of ether oxygens (including phenoxy) is 2.